The van der Waals surface area contributed by atoms with Gasteiger partial charge in [-0.2, -0.15) is 0 Å². The lowest BCUT2D eigenvalue weighted by Gasteiger charge is -2.10. The van der Waals surface area contributed by atoms with Crippen molar-refractivity contribution in [3.63, 3.8) is 0 Å². The summed E-state index contributed by atoms with van der Waals surface area (Å²) in [4.78, 5) is 30.1. The molecule has 0 spiro atoms. The molecule has 0 radical (unpaired) electrons. The van der Waals surface area contributed by atoms with Crippen LogP contribution in [0.1, 0.15) is 24.2 Å². The summed E-state index contributed by atoms with van der Waals surface area (Å²) in [5.41, 5.74) is 9.81. The van der Waals surface area contributed by atoms with Crippen LogP contribution >= 0.6 is 11.6 Å². The lowest BCUT2D eigenvalue weighted by atomic mass is 10.2. The van der Waals surface area contributed by atoms with Crippen LogP contribution in [-0.2, 0) is 4.79 Å². The minimum Gasteiger partial charge on any atom is -0.383 e. The summed E-state index contributed by atoms with van der Waals surface area (Å²) in [6, 6.07) is 0. The highest BCUT2D eigenvalue weighted by Crippen LogP contribution is 2.16. The summed E-state index contributed by atoms with van der Waals surface area (Å²) in [5.74, 6) is -1.30. The predicted octanol–water partition coefficient (Wildman–Crippen LogP) is 0.129. The van der Waals surface area contributed by atoms with Gasteiger partial charge in [-0.1, -0.05) is 25.4 Å². The number of nitrogens with zero attached hydrogens (tertiary/aromatic N) is 2. The number of hydrogen-bond acceptors (Lipinski definition) is 5. The number of anilines is 1. The van der Waals surface area contributed by atoms with Crippen molar-refractivity contribution in [2.75, 3.05) is 5.73 Å². The van der Waals surface area contributed by atoms with Gasteiger partial charge in [0.05, 0.1) is 0 Å². The molecule has 1 aromatic rings. The Bertz CT molecular complexity index is 429. The van der Waals surface area contributed by atoms with E-state index < -0.39 is 5.91 Å². The van der Waals surface area contributed by atoms with Crippen molar-refractivity contribution in [2.24, 2.45) is 5.92 Å². The highest BCUT2D eigenvalue weighted by atomic mass is 35.5. The lowest BCUT2D eigenvalue weighted by molar-refractivity contribution is -0.124. The van der Waals surface area contributed by atoms with Gasteiger partial charge in [-0.25, -0.2) is 9.97 Å². The second-order valence-electron chi connectivity index (χ2n) is 3.52. The molecule has 0 unspecified atom stereocenters. The van der Waals surface area contributed by atoms with E-state index in [1.54, 1.807) is 13.8 Å². The second-order valence-corrected chi connectivity index (χ2v) is 3.88. The monoisotopic (exact) mass is 257 g/mol. The first-order chi connectivity index (χ1) is 7.93. The van der Waals surface area contributed by atoms with Crippen molar-refractivity contribution in [2.45, 2.75) is 13.8 Å². The smallest absolute Gasteiger partial charge is 0.276 e. The maximum absolute atomic E-state index is 11.6. The van der Waals surface area contributed by atoms with Gasteiger partial charge in [0.1, 0.15) is 22.9 Å². The molecule has 0 bridgehead atoms. The molecule has 2 amide bonds. The van der Waals surface area contributed by atoms with Crippen molar-refractivity contribution in [3.8, 4) is 0 Å². The molecular formula is C9H12ClN5O2. The molecule has 0 aromatic carbocycles. The van der Waals surface area contributed by atoms with Crippen molar-refractivity contribution in [1.29, 1.82) is 0 Å². The van der Waals surface area contributed by atoms with Crippen LogP contribution in [0.2, 0.25) is 5.15 Å². The van der Waals surface area contributed by atoms with E-state index in [0.29, 0.717) is 0 Å². The molecule has 92 valence electrons. The lowest BCUT2D eigenvalue weighted by Crippen LogP contribution is -2.43. The van der Waals surface area contributed by atoms with E-state index in [-0.39, 0.29) is 28.4 Å². The molecule has 7 nitrogen and oxygen atoms in total. The standard InChI is InChI=1S/C9H12ClN5O2/c1-4(2)8(16)14-15-9(17)5-6(10)12-3-13-7(5)11/h3-4H,1-2H3,(H,14,16)(H,15,17)(H2,11,12,13). The molecule has 0 aliphatic carbocycles. The number of nitrogens with one attached hydrogen (secondary N) is 2. The van der Waals surface area contributed by atoms with Crippen LogP contribution in [0.25, 0.3) is 0 Å². The molecule has 0 aliphatic heterocycles. The highest BCUT2D eigenvalue weighted by Gasteiger charge is 2.17. The fraction of sp³-hybridized carbons (Fsp3) is 0.333. The zero-order chi connectivity index (χ0) is 13.0. The summed E-state index contributed by atoms with van der Waals surface area (Å²) in [6.07, 6.45) is 1.14. The average Bonchev–Trinajstić information content (AvgIpc) is 2.25. The molecule has 8 heteroatoms. The third-order valence-electron chi connectivity index (χ3n) is 1.88. The quantitative estimate of drug-likeness (QED) is 0.515. The second kappa shape index (κ2) is 5.44. The molecule has 0 atom stereocenters. The van der Waals surface area contributed by atoms with E-state index in [4.69, 9.17) is 17.3 Å². The van der Waals surface area contributed by atoms with Crippen LogP contribution < -0.4 is 16.6 Å². The summed E-state index contributed by atoms with van der Waals surface area (Å²) in [6.45, 7) is 3.38. The van der Waals surface area contributed by atoms with Gasteiger partial charge < -0.3 is 5.73 Å². The average molecular weight is 258 g/mol. The van der Waals surface area contributed by atoms with Gasteiger partial charge >= 0.3 is 0 Å². The maximum atomic E-state index is 11.6. The largest absolute Gasteiger partial charge is 0.383 e. The summed E-state index contributed by atoms with van der Waals surface area (Å²) in [7, 11) is 0. The Kier molecular flexibility index (Phi) is 4.22. The Hall–Kier alpha value is -1.89. The predicted molar refractivity (Wildman–Crippen MR) is 61.9 cm³/mol. The van der Waals surface area contributed by atoms with Gasteiger partial charge in [-0.15, -0.1) is 0 Å². The van der Waals surface area contributed by atoms with Crippen molar-refractivity contribution < 1.29 is 9.59 Å². The summed E-state index contributed by atoms with van der Waals surface area (Å²) >= 11 is 5.70. The maximum Gasteiger partial charge on any atom is 0.276 e. The Morgan fingerprint density at radius 2 is 2.00 bits per heavy atom. The van der Waals surface area contributed by atoms with Crippen LogP contribution in [0, 0.1) is 5.92 Å². The third-order valence-corrected chi connectivity index (χ3v) is 2.17. The Morgan fingerprint density at radius 3 is 2.53 bits per heavy atom. The molecular weight excluding hydrogens is 246 g/mol. The molecule has 1 rings (SSSR count). The van der Waals surface area contributed by atoms with E-state index in [1.807, 2.05) is 0 Å². The number of carbonyl (C=O) groups excluding carboxylic acids is 2. The molecule has 4 N–H and O–H groups in total. The first-order valence-corrected chi connectivity index (χ1v) is 5.17. The number of aromatic nitrogens is 2. The van der Waals surface area contributed by atoms with E-state index in [9.17, 15) is 9.59 Å². The summed E-state index contributed by atoms with van der Waals surface area (Å²) < 4.78 is 0. The fourth-order valence-corrected chi connectivity index (χ4v) is 1.14. The van der Waals surface area contributed by atoms with Crippen LogP contribution in [0.15, 0.2) is 6.33 Å². The Labute approximate surface area is 103 Å². The first-order valence-electron chi connectivity index (χ1n) is 4.79. The van der Waals surface area contributed by atoms with Crippen molar-refractivity contribution in [3.05, 3.63) is 17.0 Å². The van der Waals surface area contributed by atoms with Crippen LogP contribution in [0.4, 0.5) is 5.82 Å². The molecule has 17 heavy (non-hydrogen) atoms. The van der Waals surface area contributed by atoms with Crippen LogP contribution in [0.3, 0.4) is 0 Å². The van der Waals surface area contributed by atoms with Gasteiger partial charge in [0.15, 0.2) is 0 Å². The third kappa shape index (κ3) is 3.28. The van der Waals surface area contributed by atoms with Gasteiger partial charge in [0.2, 0.25) is 5.91 Å². The number of hydrazine groups is 1. The van der Waals surface area contributed by atoms with Crippen molar-refractivity contribution >= 4 is 29.2 Å². The number of halogens is 1. The molecule has 0 aliphatic rings. The van der Waals surface area contributed by atoms with Gasteiger partial charge in [-0.05, 0) is 0 Å². The molecule has 0 saturated heterocycles. The molecule has 1 aromatic heterocycles. The normalized spacial score (nSPS) is 10.1. The van der Waals surface area contributed by atoms with Crippen molar-refractivity contribution in [1.82, 2.24) is 20.8 Å². The molecule has 0 saturated carbocycles. The topological polar surface area (TPSA) is 110 Å². The van der Waals surface area contributed by atoms with E-state index in [0.717, 1.165) is 6.33 Å². The number of carbonyl (C=O) groups is 2. The zero-order valence-electron chi connectivity index (χ0n) is 9.32. The van der Waals surface area contributed by atoms with E-state index in [1.165, 1.54) is 0 Å². The van der Waals surface area contributed by atoms with Crippen LogP contribution in [0.5, 0.6) is 0 Å². The zero-order valence-corrected chi connectivity index (χ0v) is 10.1. The fourth-order valence-electron chi connectivity index (χ4n) is 0.912. The first kappa shape index (κ1) is 13.2. The van der Waals surface area contributed by atoms with Crippen LogP contribution in [-0.4, -0.2) is 21.8 Å². The minimum absolute atomic E-state index is 0.0544. The Morgan fingerprint density at radius 1 is 1.35 bits per heavy atom. The number of nitrogens with two attached hydrogens (primary N) is 1. The molecule has 1 heterocycles. The number of amides is 2. The number of nitrogen functional groups attached to an aromatic ring is 1. The molecule has 0 fully saturated rings. The minimum atomic E-state index is -0.665. The van der Waals surface area contributed by atoms with Gasteiger partial charge in [0, 0.05) is 5.92 Å². The highest BCUT2D eigenvalue weighted by molar-refractivity contribution is 6.33. The number of rotatable bonds is 2. The van der Waals surface area contributed by atoms with E-state index >= 15 is 0 Å². The summed E-state index contributed by atoms with van der Waals surface area (Å²) in [5, 5.41) is -0.0752. The van der Waals surface area contributed by atoms with Gasteiger partial charge in [0.25, 0.3) is 5.91 Å². The SMILES string of the molecule is CC(C)C(=O)NNC(=O)c1c(N)ncnc1Cl. The Balaban J connectivity index is 2.74. The van der Waals surface area contributed by atoms with E-state index in [2.05, 4.69) is 20.8 Å². The van der Waals surface area contributed by atoms with Gasteiger partial charge in [-0.3, -0.25) is 20.4 Å². The number of hydrogen-bond donors (Lipinski definition) is 3.